The summed E-state index contributed by atoms with van der Waals surface area (Å²) >= 11 is 8.18. The maximum Gasteiger partial charge on any atom is 0.344 e. The molecule has 0 atom stereocenters. The Balaban J connectivity index is 3.68. The highest BCUT2D eigenvalue weighted by Gasteiger charge is 2.16. The van der Waals surface area contributed by atoms with E-state index in [0.717, 1.165) is 0 Å². The third-order valence-electron chi connectivity index (χ3n) is 0.734. The first-order valence-corrected chi connectivity index (χ1v) is 4.24. The SMILES string of the molecule is CC(C)(C)OC(=O)COC(=S)S. The van der Waals surface area contributed by atoms with Crippen LogP contribution in [0.15, 0.2) is 0 Å². The highest BCUT2D eigenvalue weighted by molar-refractivity contribution is 8.10. The number of hydrogen-bond acceptors (Lipinski definition) is 4. The molecule has 5 heteroatoms. The van der Waals surface area contributed by atoms with Crippen molar-refractivity contribution in [2.45, 2.75) is 26.4 Å². The predicted molar refractivity (Wildman–Crippen MR) is 53.4 cm³/mol. The van der Waals surface area contributed by atoms with Crippen molar-refractivity contribution in [2.75, 3.05) is 6.61 Å². The molecule has 0 radical (unpaired) electrons. The zero-order chi connectivity index (χ0) is 9.78. The molecule has 0 unspecified atom stereocenters. The largest absolute Gasteiger partial charge is 0.467 e. The molecule has 3 nitrogen and oxygen atoms in total. The van der Waals surface area contributed by atoms with Crippen molar-refractivity contribution >= 4 is 35.2 Å². The van der Waals surface area contributed by atoms with Gasteiger partial charge in [-0.25, -0.2) is 4.79 Å². The van der Waals surface area contributed by atoms with E-state index in [4.69, 9.17) is 4.74 Å². The molecule has 0 bridgehead atoms. The van der Waals surface area contributed by atoms with E-state index in [1.807, 2.05) is 0 Å². The Morgan fingerprint density at radius 2 is 2.00 bits per heavy atom. The number of esters is 1. The zero-order valence-electron chi connectivity index (χ0n) is 7.29. The van der Waals surface area contributed by atoms with Crippen LogP contribution in [-0.4, -0.2) is 22.6 Å². The van der Waals surface area contributed by atoms with Gasteiger partial charge in [-0.2, -0.15) is 0 Å². The lowest BCUT2D eigenvalue weighted by atomic mass is 10.2. The second-order valence-electron chi connectivity index (χ2n) is 3.14. The maximum absolute atomic E-state index is 10.9. The summed E-state index contributed by atoms with van der Waals surface area (Å²) < 4.78 is 9.64. The average molecular weight is 208 g/mol. The minimum absolute atomic E-state index is 0.0425. The molecule has 70 valence electrons. The van der Waals surface area contributed by atoms with E-state index in [9.17, 15) is 4.79 Å². The van der Waals surface area contributed by atoms with Crippen LogP contribution in [0, 0.1) is 0 Å². The Bertz CT molecular complexity index is 184. The Labute approximate surface area is 82.8 Å². The van der Waals surface area contributed by atoms with Crippen molar-refractivity contribution in [2.24, 2.45) is 0 Å². The molecule has 0 spiro atoms. The van der Waals surface area contributed by atoms with Gasteiger partial charge in [-0.3, -0.25) is 0 Å². The van der Waals surface area contributed by atoms with Crippen LogP contribution in [0.1, 0.15) is 20.8 Å². The fourth-order valence-corrected chi connectivity index (χ4v) is 0.615. The third-order valence-corrected chi connectivity index (χ3v) is 0.980. The highest BCUT2D eigenvalue weighted by atomic mass is 32.1. The first-order valence-electron chi connectivity index (χ1n) is 3.39. The van der Waals surface area contributed by atoms with E-state index < -0.39 is 11.6 Å². The number of thiocarbonyl (C=S) groups is 1. The Kier molecular flexibility index (Phi) is 4.55. The van der Waals surface area contributed by atoms with Crippen LogP contribution < -0.4 is 0 Å². The molecule has 0 aliphatic carbocycles. The van der Waals surface area contributed by atoms with Gasteiger partial charge in [0.15, 0.2) is 6.61 Å². The number of hydrogen-bond donors (Lipinski definition) is 1. The van der Waals surface area contributed by atoms with E-state index >= 15 is 0 Å². The molecule has 0 rings (SSSR count). The molecular formula is C7H12O3S2. The molecule has 0 aromatic carbocycles. The van der Waals surface area contributed by atoms with Gasteiger partial charge in [-0.05, 0) is 33.0 Å². The van der Waals surface area contributed by atoms with E-state index in [0.29, 0.717) is 0 Å². The third kappa shape index (κ3) is 7.81. The molecule has 0 saturated carbocycles. The van der Waals surface area contributed by atoms with Crippen molar-refractivity contribution in [1.29, 1.82) is 0 Å². The molecule has 0 aliphatic rings. The molecule has 0 amide bonds. The minimum Gasteiger partial charge on any atom is -0.467 e. The van der Waals surface area contributed by atoms with Crippen LogP contribution in [0.2, 0.25) is 0 Å². The van der Waals surface area contributed by atoms with Gasteiger partial charge in [0.1, 0.15) is 5.60 Å². The second-order valence-corrected chi connectivity index (χ2v) is 4.22. The minimum atomic E-state index is -0.487. The van der Waals surface area contributed by atoms with E-state index in [1.54, 1.807) is 20.8 Å². The monoisotopic (exact) mass is 208 g/mol. The molecule has 0 N–H and O–H groups in total. The van der Waals surface area contributed by atoms with Crippen molar-refractivity contribution in [3.05, 3.63) is 0 Å². The van der Waals surface area contributed by atoms with Crippen LogP contribution in [0.25, 0.3) is 0 Å². The lowest BCUT2D eigenvalue weighted by Gasteiger charge is -2.19. The number of carbonyl (C=O) groups is 1. The van der Waals surface area contributed by atoms with Gasteiger partial charge in [0.25, 0.3) is 0 Å². The molecule has 0 aliphatic heterocycles. The summed E-state index contributed by atoms with van der Waals surface area (Å²) in [6.07, 6.45) is 0. The maximum atomic E-state index is 10.9. The molecule has 0 aromatic rings. The van der Waals surface area contributed by atoms with Crippen molar-refractivity contribution in [1.82, 2.24) is 0 Å². The zero-order valence-corrected chi connectivity index (χ0v) is 9.00. The molecule has 12 heavy (non-hydrogen) atoms. The Morgan fingerprint density at radius 1 is 1.50 bits per heavy atom. The van der Waals surface area contributed by atoms with Crippen molar-refractivity contribution < 1.29 is 14.3 Å². The predicted octanol–water partition coefficient (Wildman–Crippen LogP) is 1.56. The van der Waals surface area contributed by atoms with Crippen molar-refractivity contribution in [3.63, 3.8) is 0 Å². The number of ether oxygens (including phenoxy) is 2. The summed E-state index contributed by atoms with van der Waals surface area (Å²) in [5, 5.41) is 0. The number of rotatable bonds is 2. The molecule has 0 aromatic heterocycles. The highest BCUT2D eigenvalue weighted by Crippen LogP contribution is 2.06. The van der Waals surface area contributed by atoms with Gasteiger partial charge in [0.05, 0.1) is 0 Å². The lowest BCUT2D eigenvalue weighted by molar-refractivity contribution is -0.157. The summed E-state index contributed by atoms with van der Waals surface area (Å²) in [5.41, 5.74) is -0.487. The summed E-state index contributed by atoms with van der Waals surface area (Å²) in [6, 6.07) is 0. The molecule has 0 heterocycles. The van der Waals surface area contributed by atoms with Crippen LogP contribution >= 0.6 is 24.8 Å². The van der Waals surface area contributed by atoms with Gasteiger partial charge in [0.2, 0.25) is 4.38 Å². The topological polar surface area (TPSA) is 35.5 Å². The van der Waals surface area contributed by atoms with Gasteiger partial charge < -0.3 is 9.47 Å². The molecule has 0 fully saturated rings. The summed E-state index contributed by atoms with van der Waals surface area (Å²) in [6.45, 7) is 5.16. The summed E-state index contributed by atoms with van der Waals surface area (Å²) in [7, 11) is 0. The lowest BCUT2D eigenvalue weighted by Crippen LogP contribution is -2.26. The van der Waals surface area contributed by atoms with Crippen molar-refractivity contribution in [3.8, 4) is 0 Å². The van der Waals surface area contributed by atoms with Gasteiger partial charge in [-0.15, -0.1) is 0 Å². The number of thiol groups is 1. The first kappa shape index (κ1) is 11.7. The molecular weight excluding hydrogens is 196 g/mol. The van der Waals surface area contributed by atoms with E-state index in [1.165, 1.54) is 0 Å². The summed E-state index contributed by atoms with van der Waals surface area (Å²) in [5.74, 6) is -0.445. The standard InChI is InChI=1S/C7H12O3S2/c1-7(2,3)10-5(8)4-9-6(11)12/h4H2,1-3H3,(H,11,12). The second kappa shape index (κ2) is 4.67. The van der Waals surface area contributed by atoms with Gasteiger partial charge >= 0.3 is 5.97 Å². The fraction of sp³-hybridized carbons (Fsp3) is 0.714. The molecule has 0 saturated heterocycles. The van der Waals surface area contributed by atoms with Crippen LogP contribution in [0.5, 0.6) is 0 Å². The van der Waals surface area contributed by atoms with E-state index in [-0.39, 0.29) is 11.0 Å². The Hall–Kier alpha value is -0.290. The summed E-state index contributed by atoms with van der Waals surface area (Å²) in [4.78, 5) is 10.9. The van der Waals surface area contributed by atoms with Crippen LogP contribution in [0.3, 0.4) is 0 Å². The fourth-order valence-electron chi connectivity index (χ4n) is 0.492. The normalized spacial score (nSPS) is 10.7. The Morgan fingerprint density at radius 3 is 2.33 bits per heavy atom. The average Bonchev–Trinajstić information content (AvgIpc) is 1.79. The van der Waals surface area contributed by atoms with Gasteiger partial charge in [0, 0.05) is 0 Å². The van der Waals surface area contributed by atoms with E-state index in [2.05, 4.69) is 29.6 Å². The first-order chi connectivity index (χ1) is 5.31. The smallest absolute Gasteiger partial charge is 0.344 e. The van der Waals surface area contributed by atoms with Gasteiger partial charge in [-0.1, -0.05) is 12.6 Å². The quantitative estimate of drug-likeness (QED) is 0.424. The number of carbonyl (C=O) groups excluding carboxylic acids is 1. The van der Waals surface area contributed by atoms with Crippen LogP contribution in [0.4, 0.5) is 0 Å². The van der Waals surface area contributed by atoms with Crippen LogP contribution in [-0.2, 0) is 14.3 Å².